The number of fused-ring (bicyclic) bond motifs is 2. The molecule has 0 aliphatic carbocycles. The van der Waals surface area contributed by atoms with E-state index in [1.165, 1.54) is 6.07 Å². The summed E-state index contributed by atoms with van der Waals surface area (Å²) in [5.41, 5.74) is 5.91. The number of benzene rings is 2. The Bertz CT molecular complexity index is 1190. The zero-order chi connectivity index (χ0) is 25.0. The van der Waals surface area contributed by atoms with Crippen molar-refractivity contribution in [1.29, 1.82) is 0 Å². The van der Waals surface area contributed by atoms with Crippen molar-refractivity contribution in [3.8, 4) is 11.5 Å². The van der Waals surface area contributed by atoms with Gasteiger partial charge in [-0.2, -0.15) is 13.2 Å². The number of ether oxygens (including phenoxy) is 4. The Hall–Kier alpha value is -3.31. The summed E-state index contributed by atoms with van der Waals surface area (Å²) < 4.78 is 62.7. The van der Waals surface area contributed by atoms with Gasteiger partial charge in [0.25, 0.3) is 0 Å². The fourth-order valence-electron chi connectivity index (χ4n) is 3.73. The molecule has 0 radical (unpaired) electrons. The molecule has 1 unspecified atom stereocenters. The standard InChI is InChI=1S/C24H27F3N4O4/c1-3-32-12-18-13-33-4-5-34-21-10-20-19(9-22(21)35-18)23(31-14(2)30-20)29-11-15-6-16(24(25,26)27)8-17(28)7-15/h6-10,18H,3-5,11-13,28H2,1-2H3,(H,29,30,31). The first-order valence-electron chi connectivity index (χ1n) is 11.2. The molecule has 3 aromatic rings. The number of nitrogen functional groups attached to an aromatic ring is 1. The number of nitrogens with zero attached hydrogens (tertiary/aromatic N) is 2. The Morgan fingerprint density at radius 3 is 2.71 bits per heavy atom. The van der Waals surface area contributed by atoms with Crippen molar-refractivity contribution in [3.63, 3.8) is 0 Å². The Labute approximate surface area is 200 Å². The lowest BCUT2D eigenvalue weighted by molar-refractivity contribution is -0.137. The predicted octanol–water partition coefficient (Wildman–Crippen LogP) is 4.34. The third-order valence-electron chi connectivity index (χ3n) is 5.27. The predicted molar refractivity (Wildman–Crippen MR) is 125 cm³/mol. The molecule has 2 aromatic carbocycles. The normalized spacial score (nSPS) is 16.4. The third-order valence-corrected chi connectivity index (χ3v) is 5.27. The minimum Gasteiger partial charge on any atom is -0.487 e. The Balaban J connectivity index is 1.67. The van der Waals surface area contributed by atoms with Crippen molar-refractivity contribution in [3.05, 3.63) is 47.3 Å². The number of anilines is 2. The van der Waals surface area contributed by atoms with Crippen LogP contribution in [0.5, 0.6) is 11.5 Å². The summed E-state index contributed by atoms with van der Waals surface area (Å²) in [5.74, 6) is 1.93. The van der Waals surface area contributed by atoms with Crippen LogP contribution >= 0.6 is 0 Å². The van der Waals surface area contributed by atoms with Crippen LogP contribution in [0.1, 0.15) is 23.9 Å². The molecule has 0 bridgehead atoms. The second-order valence-electron chi connectivity index (χ2n) is 8.07. The summed E-state index contributed by atoms with van der Waals surface area (Å²) in [5, 5.41) is 3.76. The van der Waals surface area contributed by atoms with E-state index in [1.54, 1.807) is 19.1 Å². The molecule has 35 heavy (non-hydrogen) atoms. The lowest BCUT2D eigenvalue weighted by Gasteiger charge is -2.20. The molecule has 8 nitrogen and oxygen atoms in total. The maximum absolute atomic E-state index is 13.2. The molecule has 4 rings (SSSR count). The van der Waals surface area contributed by atoms with Crippen molar-refractivity contribution >= 4 is 22.4 Å². The molecule has 1 aliphatic rings. The van der Waals surface area contributed by atoms with Gasteiger partial charge in [0, 0.05) is 30.3 Å². The largest absolute Gasteiger partial charge is 0.487 e. The summed E-state index contributed by atoms with van der Waals surface area (Å²) in [4.78, 5) is 8.96. The van der Waals surface area contributed by atoms with E-state index >= 15 is 0 Å². The van der Waals surface area contributed by atoms with Crippen LogP contribution in [0.15, 0.2) is 30.3 Å². The van der Waals surface area contributed by atoms with Crippen molar-refractivity contribution in [2.24, 2.45) is 0 Å². The van der Waals surface area contributed by atoms with E-state index in [0.29, 0.717) is 72.6 Å². The smallest absolute Gasteiger partial charge is 0.416 e. The lowest BCUT2D eigenvalue weighted by Crippen LogP contribution is -2.28. The number of aryl methyl sites for hydroxylation is 1. The van der Waals surface area contributed by atoms with E-state index in [1.807, 2.05) is 6.92 Å². The van der Waals surface area contributed by atoms with Gasteiger partial charge in [-0.15, -0.1) is 0 Å². The van der Waals surface area contributed by atoms with Gasteiger partial charge >= 0.3 is 6.18 Å². The maximum atomic E-state index is 13.2. The Kier molecular flexibility index (Phi) is 7.46. The lowest BCUT2D eigenvalue weighted by atomic mass is 10.1. The first-order valence-corrected chi connectivity index (χ1v) is 11.2. The molecule has 1 aliphatic heterocycles. The molecule has 0 amide bonds. The van der Waals surface area contributed by atoms with Crippen LogP contribution in [0.3, 0.4) is 0 Å². The van der Waals surface area contributed by atoms with E-state index in [2.05, 4.69) is 15.3 Å². The fourth-order valence-corrected chi connectivity index (χ4v) is 3.73. The van der Waals surface area contributed by atoms with Gasteiger partial charge in [0.05, 0.1) is 30.9 Å². The van der Waals surface area contributed by atoms with E-state index < -0.39 is 11.7 Å². The number of nitrogens with two attached hydrogens (primary N) is 1. The SMILES string of the molecule is CCOCC1COCCOc2cc3nc(C)nc(NCc4cc(N)cc(C(F)(F)F)c4)c3cc2O1. The quantitative estimate of drug-likeness (QED) is 0.490. The highest BCUT2D eigenvalue weighted by Gasteiger charge is 2.31. The van der Waals surface area contributed by atoms with Gasteiger partial charge < -0.3 is 30.0 Å². The molecule has 0 saturated heterocycles. The number of alkyl halides is 3. The number of nitrogens with one attached hydrogen (secondary N) is 1. The number of hydrogen-bond donors (Lipinski definition) is 2. The molecule has 0 saturated carbocycles. The topological polar surface area (TPSA) is 101 Å². The number of rotatable bonds is 6. The van der Waals surface area contributed by atoms with Gasteiger partial charge in [0.1, 0.15) is 24.4 Å². The minimum atomic E-state index is -4.49. The monoisotopic (exact) mass is 492 g/mol. The van der Waals surface area contributed by atoms with Crippen LogP contribution in [0.25, 0.3) is 10.9 Å². The van der Waals surface area contributed by atoms with E-state index in [0.717, 1.165) is 12.1 Å². The van der Waals surface area contributed by atoms with Crippen molar-refractivity contribution in [1.82, 2.24) is 9.97 Å². The van der Waals surface area contributed by atoms with E-state index in [4.69, 9.17) is 24.7 Å². The summed E-state index contributed by atoms with van der Waals surface area (Å²) in [6, 6.07) is 6.99. The molecular weight excluding hydrogens is 465 g/mol. The average molecular weight is 492 g/mol. The van der Waals surface area contributed by atoms with Crippen LogP contribution in [0.4, 0.5) is 24.7 Å². The number of aromatic nitrogens is 2. The van der Waals surface area contributed by atoms with E-state index in [9.17, 15) is 13.2 Å². The molecular formula is C24H27F3N4O4. The van der Waals surface area contributed by atoms with Crippen molar-refractivity contribution < 1.29 is 32.1 Å². The Morgan fingerprint density at radius 2 is 1.94 bits per heavy atom. The van der Waals surface area contributed by atoms with Crippen LogP contribution < -0.4 is 20.5 Å². The van der Waals surface area contributed by atoms with Crippen LogP contribution in [0, 0.1) is 6.92 Å². The summed E-state index contributed by atoms with van der Waals surface area (Å²) in [6.45, 7) is 5.69. The molecule has 1 atom stereocenters. The number of halogens is 3. The Morgan fingerprint density at radius 1 is 1.11 bits per heavy atom. The molecule has 11 heteroatoms. The zero-order valence-electron chi connectivity index (χ0n) is 19.4. The van der Waals surface area contributed by atoms with E-state index in [-0.39, 0.29) is 18.3 Å². The summed E-state index contributed by atoms with van der Waals surface area (Å²) >= 11 is 0. The first-order chi connectivity index (χ1) is 16.7. The van der Waals surface area contributed by atoms with Crippen LogP contribution in [-0.2, 0) is 22.2 Å². The van der Waals surface area contributed by atoms with Crippen molar-refractivity contribution in [2.75, 3.05) is 44.1 Å². The molecule has 188 valence electrons. The molecule has 0 spiro atoms. The fraction of sp³-hybridized carbons (Fsp3) is 0.417. The highest BCUT2D eigenvalue weighted by Crippen LogP contribution is 2.36. The minimum absolute atomic E-state index is 0.0332. The zero-order valence-corrected chi connectivity index (χ0v) is 19.4. The highest BCUT2D eigenvalue weighted by molar-refractivity contribution is 5.91. The second kappa shape index (κ2) is 10.5. The van der Waals surface area contributed by atoms with Gasteiger partial charge in [0.2, 0.25) is 0 Å². The van der Waals surface area contributed by atoms with Gasteiger partial charge in [-0.1, -0.05) is 0 Å². The first kappa shape index (κ1) is 24.8. The second-order valence-corrected chi connectivity index (χ2v) is 8.07. The summed E-state index contributed by atoms with van der Waals surface area (Å²) in [7, 11) is 0. The molecule has 3 N–H and O–H groups in total. The highest BCUT2D eigenvalue weighted by atomic mass is 19.4. The van der Waals surface area contributed by atoms with Crippen LogP contribution in [-0.4, -0.2) is 49.1 Å². The van der Waals surface area contributed by atoms with Crippen LogP contribution in [0.2, 0.25) is 0 Å². The van der Waals surface area contributed by atoms with Crippen molar-refractivity contribution in [2.45, 2.75) is 32.7 Å². The molecule has 0 fully saturated rings. The van der Waals surface area contributed by atoms with Gasteiger partial charge in [-0.05, 0) is 43.7 Å². The molecule has 1 aromatic heterocycles. The van der Waals surface area contributed by atoms with Gasteiger partial charge in [-0.3, -0.25) is 0 Å². The van der Waals surface area contributed by atoms with Gasteiger partial charge in [-0.25, -0.2) is 9.97 Å². The maximum Gasteiger partial charge on any atom is 0.416 e. The summed E-state index contributed by atoms with van der Waals surface area (Å²) in [6.07, 6.45) is -4.83. The third kappa shape index (κ3) is 6.23. The average Bonchev–Trinajstić information content (AvgIpc) is 2.89. The number of hydrogen-bond acceptors (Lipinski definition) is 8. The molecule has 2 heterocycles. The van der Waals surface area contributed by atoms with Gasteiger partial charge in [0.15, 0.2) is 11.5 Å².